The second kappa shape index (κ2) is 5.78. The van der Waals surface area contributed by atoms with Gasteiger partial charge in [-0.15, -0.1) is 0 Å². The van der Waals surface area contributed by atoms with Gasteiger partial charge in [0, 0.05) is 20.5 Å². The summed E-state index contributed by atoms with van der Waals surface area (Å²) in [4.78, 5) is 27.6. The quantitative estimate of drug-likeness (QED) is 0.503. The van der Waals surface area contributed by atoms with Crippen molar-refractivity contribution in [3.63, 3.8) is 0 Å². The molecular formula is C15H14INO3. The maximum Gasteiger partial charge on any atom is 0.340 e. The van der Waals surface area contributed by atoms with Gasteiger partial charge in [-0.2, -0.15) is 0 Å². The van der Waals surface area contributed by atoms with Crippen LogP contribution in [0.1, 0.15) is 37.7 Å². The highest BCUT2D eigenvalue weighted by Crippen LogP contribution is 2.24. The molecule has 1 N–H and O–H groups in total. The van der Waals surface area contributed by atoms with E-state index in [1.807, 2.05) is 18.2 Å². The Morgan fingerprint density at radius 2 is 1.70 bits per heavy atom. The number of aryl methyl sites for hydroxylation is 2. The van der Waals surface area contributed by atoms with Crippen molar-refractivity contribution < 1.29 is 14.3 Å². The molecule has 0 radical (unpaired) electrons. The van der Waals surface area contributed by atoms with E-state index in [1.54, 1.807) is 19.9 Å². The summed E-state index contributed by atoms with van der Waals surface area (Å²) in [5.41, 5.74) is 2.60. The Bertz CT molecular complexity index is 688. The van der Waals surface area contributed by atoms with Crippen LogP contribution in [0.25, 0.3) is 0 Å². The number of esters is 1. The van der Waals surface area contributed by atoms with E-state index in [0.717, 1.165) is 3.57 Å². The van der Waals surface area contributed by atoms with Crippen LogP contribution in [-0.2, 0) is 4.74 Å². The topological polar surface area (TPSA) is 59.2 Å². The van der Waals surface area contributed by atoms with Gasteiger partial charge >= 0.3 is 5.97 Å². The minimum Gasteiger partial charge on any atom is -0.465 e. The van der Waals surface area contributed by atoms with Crippen LogP contribution in [0.3, 0.4) is 0 Å². The molecule has 0 fully saturated rings. The molecule has 0 unspecified atom stereocenters. The first-order valence-electron chi connectivity index (χ1n) is 6.04. The highest BCUT2D eigenvalue weighted by Gasteiger charge is 2.26. The largest absolute Gasteiger partial charge is 0.465 e. The molecule has 1 aromatic heterocycles. The first-order valence-corrected chi connectivity index (χ1v) is 7.12. The van der Waals surface area contributed by atoms with Gasteiger partial charge in [0.1, 0.15) is 0 Å². The van der Waals surface area contributed by atoms with E-state index in [1.165, 1.54) is 7.11 Å². The van der Waals surface area contributed by atoms with E-state index >= 15 is 0 Å². The number of benzene rings is 1. The van der Waals surface area contributed by atoms with E-state index in [-0.39, 0.29) is 5.78 Å². The predicted octanol–water partition coefficient (Wildman–Crippen LogP) is 3.25. The standard InChI is InChI=1S/C15H14INO3/c1-8-12(13(9(2)17-8)15(19)20-3)14(18)10-6-4-5-7-11(10)16/h4-7,17H,1-3H3. The maximum atomic E-state index is 12.7. The van der Waals surface area contributed by atoms with Crippen LogP contribution < -0.4 is 0 Å². The molecule has 0 aliphatic heterocycles. The number of halogens is 1. The second-order valence-electron chi connectivity index (χ2n) is 4.43. The third kappa shape index (κ3) is 2.49. The van der Waals surface area contributed by atoms with Crippen LogP contribution >= 0.6 is 22.6 Å². The van der Waals surface area contributed by atoms with Gasteiger partial charge in [-0.3, -0.25) is 4.79 Å². The molecule has 1 aromatic carbocycles. The number of aromatic nitrogens is 1. The van der Waals surface area contributed by atoms with Crippen molar-refractivity contribution >= 4 is 34.3 Å². The Balaban J connectivity index is 2.61. The van der Waals surface area contributed by atoms with E-state index < -0.39 is 5.97 Å². The van der Waals surface area contributed by atoms with Crippen molar-refractivity contribution in [2.75, 3.05) is 7.11 Å². The summed E-state index contributed by atoms with van der Waals surface area (Å²) < 4.78 is 5.63. The zero-order chi connectivity index (χ0) is 14.9. The Morgan fingerprint density at radius 3 is 2.30 bits per heavy atom. The number of H-pyrrole nitrogens is 1. The zero-order valence-electron chi connectivity index (χ0n) is 11.4. The van der Waals surface area contributed by atoms with Crippen LogP contribution in [0, 0.1) is 17.4 Å². The summed E-state index contributed by atoms with van der Waals surface area (Å²) in [6.45, 7) is 3.54. The molecule has 5 heteroatoms. The van der Waals surface area contributed by atoms with Crippen molar-refractivity contribution in [1.29, 1.82) is 0 Å². The highest BCUT2D eigenvalue weighted by atomic mass is 127. The lowest BCUT2D eigenvalue weighted by Gasteiger charge is -2.06. The molecule has 0 saturated heterocycles. The highest BCUT2D eigenvalue weighted by molar-refractivity contribution is 14.1. The number of ketones is 1. The second-order valence-corrected chi connectivity index (χ2v) is 5.59. The van der Waals surface area contributed by atoms with Crippen LogP contribution in [-0.4, -0.2) is 23.8 Å². The maximum absolute atomic E-state index is 12.7. The minimum atomic E-state index is -0.499. The Kier molecular flexibility index (Phi) is 4.27. The van der Waals surface area contributed by atoms with E-state index in [9.17, 15) is 9.59 Å². The van der Waals surface area contributed by atoms with Crippen molar-refractivity contribution in [3.8, 4) is 0 Å². The molecule has 1 heterocycles. The summed E-state index contributed by atoms with van der Waals surface area (Å²) in [6.07, 6.45) is 0. The van der Waals surface area contributed by atoms with Crippen molar-refractivity contribution in [3.05, 3.63) is 55.9 Å². The molecule has 0 bridgehead atoms. The first kappa shape index (κ1) is 14.8. The average molecular weight is 383 g/mol. The fourth-order valence-corrected chi connectivity index (χ4v) is 2.83. The fraction of sp³-hybridized carbons (Fsp3) is 0.200. The molecule has 0 saturated carbocycles. The number of ether oxygens (including phenoxy) is 1. The Morgan fingerprint density at radius 1 is 1.10 bits per heavy atom. The molecule has 0 aliphatic carbocycles. The van der Waals surface area contributed by atoms with Gasteiger partial charge in [0.2, 0.25) is 0 Å². The fourth-order valence-electron chi connectivity index (χ4n) is 2.20. The van der Waals surface area contributed by atoms with Gasteiger partial charge < -0.3 is 9.72 Å². The summed E-state index contributed by atoms with van der Waals surface area (Å²) in [5, 5.41) is 0. The molecule has 0 spiro atoms. The van der Waals surface area contributed by atoms with Crippen molar-refractivity contribution in [2.24, 2.45) is 0 Å². The summed E-state index contributed by atoms with van der Waals surface area (Å²) >= 11 is 2.11. The molecule has 0 aliphatic rings. The normalized spacial score (nSPS) is 10.4. The number of hydrogen-bond donors (Lipinski definition) is 1. The number of hydrogen-bond acceptors (Lipinski definition) is 3. The zero-order valence-corrected chi connectivity index (χ0v) is 13.6. The van der Waals surface area contributed by atoms with Gasteiger partial charge in [-0.1, -0.05) is 12.1 Å². The molecule has 20 heavy (non-hydrogen) atoms. The van der Waals surface area contributed by atoms with Crippen molar-refractivity contribution in [2.45, 2.75) is 13.8 Å². The molecule has 2 rings (SSSR count). The number of methoxy groups -OCH3 is 1. The molecule has 0 amide bonds. The SMILES string of the molecule is COC(=O)c1c(C)[nH]c(C)c1C(=O)c1ccccc1I. The van der Waals surface area contributed by atoms with Crippen LogP contribution in [0.4, 0.5) is 0 Å². The van der Waals surface area contributed by atoms with Gasteiger partial charge in [0.25, 0.3) is 0 Å². The smallest absolute Gasteiger partial charge is 0.340 e. The van der Waals surface area contributed by atoms with Gasteiger partial charge in [-0.25, -0.2) is 4.79 Å². The minimum absolute atomic E-state index is 0.169. The third-order valence-electron chi connectivity index (χ3n) is 3.11. The van der Waals surface area contributed by atoms with Gasteiger partial charge in [0.05, 0.1) is 18.2 Å². The van der Waals surface area contributed by atoms with Gasteiger partial charge in [-0.05, 0) is 48.6 Å². The predicted molar refractivity (Wildman–Crippen MR) is 84.2 cm³/mol. The molecule has 2 aromatic rings. The molecule has 4 nitrogen and oxygen atoms in total. The van der Waals surface area contributed by atoms with Crippen LogP contribution in [0.2, 0.25) is 0 Å². The number of carbonyl (C=O) groups excluding carboxylic acids is 2. The lowest BCUT2D eigenvalue weighted by molar-refractivity contribution is 0.0597. The lowest BCUT2D eigenvalue weighted by Crippen LogP contribution is -2.12. The average Bonchev–Trinajstić information content (AvgIpc) is 2.72. The Hall–Kier alpha value is -1.63. The number of aromatic amines is 1. The van der Waals surface area contributed by atoms with Crippen LogP contribution in [0.15, 0.2) is 24.3 Å². The molecular weight excluding hydrogens is 369 g/mol. The summed E-state index contributed by atoms with van der Waals surface area (Å²) in [6, 6.07) is 7.30. The lowest BCUT2D eigenvalue weighted by atomic mass is 9.99. The van der Waals surface area contributed by atoms with Crippen LogP contribution in [0.5, 0.6) is 0 Å². The van der Waals surface area contributed by atoms with E-state index in [4.69, 9.17) is 4.74 Å². The van der Waals surface area contributed by atoms with Crippen molar-refractivity contribution in [1.82, 2.24) is 4.98 Å². The van der Waals surface area contributed by atoms with E-state index in [2.05, 4.69) is 27.6 Å². The molecule has 104 valence electrons. The monoisotopic (exact) mass is 383 g/mol. The summed E-state index contributed by atoms with van der Waals surface area (Å²) in [5.74, 6) is -0.668. The molecule has 0 atom stereocenters. The third-order valence-corrected chi connectivity index (χ3v) is 4.05. The number of carbonyl (C=O) groups is 2. The Labute approximate surface area is 130 Å². The van der Waals surface area contributed by atoms with Gasteiger partial charge in [0.15, 0.2) is 5.78 Å². The summed E-state index contributed by atoms with van der Waals surface area (Å²) in [7, 11) is 1.31. The number of rotatable bonds is 3. The van der Waals surface area contributed by atoms with E-state index in [0.29, 0.717) is 28.1 Å². The number of nitrogens with one attached hydrogen (secondary N) is 1. The first-order chi connectivity index (χ1) is 9.47.